The third kappa shape index (κ3) is 22.4. The van der Waals surface area contributed by atoms with E-state index < -0.39 is 17.7 Å². The largest absolute Gasteiger partial charge is 0.478 e. The van der Waals surface area contributed by atoms with Crippen molar-refractivity contribution in [2.24, 2.45) is 5.73 Å². The fourth-order valence-electron chi connectivity index (χ4n) is 8.80. The molecule has 0 radical (unpaired) electrons. The third-order valence-electron chi connectivity index (χ3n) is 12.9. The number of carboxylic acid groups (broad SMARTS) is 1. The van der Waals surface area contributed by atoms with E-state index in [0.29, 0.717) is 62.0 Å². The van der Waals surface area contributed by atoms with Crippen LogP contribution in [0.4, 0.5) is 4.79 Å². The lowest BCUT2D eigenvalue weighted by Gasteiger charge is -2.20. The molecule has 0 heterocycles. The molecule has 0 aliphatic heterocycles. The molecule has 4 aromatic rings. The van der Waals surface area contributed by atoms with Gasteiger partial charge in [0.1, 0.15) is 5.60 Å². The van der Waals surface area contributed by atoms with Crippen molar-refractivity contribution in [1.82, 2.24) is 21.3 Å². The molecule has 4 aromatic carbocycles. The molecule has 0 atom stereocenters. The topological polar surface area (TPSA) is 237 Å². The number of hydrogen-bond donors (Lipinski definition) is 6. The summed E-state index contributed by atoms with van der Waals surface area (Å²) < 4.78 is 5.20. The number of ether oxygens (including phenoxy) is 1. The molecule has 76 heavy (non-hydrogen) atoms. The van der Waals surface area contributed by atoms with E-state index >= 15 is 0 Å². The Labute approximate surface area is 467 Å². The first-order chi connectivity index (χ1) is 36.3. The van der Waals surface area contributed by atoms with Crippen molar-refractivity contribution >= 4 is 76.2 Å². The Hall–Kier alpha value is -5.87. The highest BCUT2D eigenvalue weighted by atomic mass is 35.5. The third-order valence-corrected chi connectivity index (χ3v) is 14.1. The first-order valence-corrected chi connectivity index (χ1v) is 27.6. The molecule has 7 rings (SSSR count). The van der Waals surface area contributed by atoms with Crippen molar-refractivity contribution in [1.29, 1.82) is 10.5 Å². The van der Waals surface area contributed by atoms with E-state index in [0.717, 1.165) is 62.5 Å². The van der Waals surface area contributed by atoms with Crippen LogP contribution in [0.2, 0.25) is 20.1 Å². The number of nitrogens with zero attached hydrogens (tertiary/aromatic N) is 2. The number of benzene rings is 4. The second kappa shape index (κ2) is 32.7. The number of alkyl carbamates (subject to hydrolysis) is 1. The van der Waals surface area contributed by atoms with E-state index in [1.807, 2.05) is 39.0 Å². The lowest BCUT2D eigenvalue weighted by Crippen LogP contribution is -2.34. The molecule has 3 saturated carbocycles. The van der Waals surface area contributed by atoms with Crippen LogP contribution >= 0.6 is 46.4 Å². The summed E-state index contributed by atoms with van der Waals surface area (Å²) in [6.07, 6.45) is 20.4. The molecule has 0 spiro atoms. The molecule has 3 aliphatic carbocycles. The summed E-state index contributed by atoms with van der Waals surface area (Å²) >= 11 is 24.0. The van der Waals surface area contributed by atoms with Crippen molar-refractivity contribution in [3.05, 3.63) is 137 Å². The van der Waals surface area contributed by atoms with Gasteiger partial charge in [0, 0.05) is 31.2 Å². The summed E-state index contributed by atoms with van der Waals surface area (Å²) in [6.45, 7) is 6.16. The van der Waals surface area contributed by atoms with E-state index in [1.165, 1.54) is 88.5 Å². The Kier molecular flexibility index (Phi) is 26.9. The minimum Gasteiger partial charge on any atom is -0.478 e. The maximum Gasteiger partial charge on any atom is 0.407 e. The van der Waals surface area contributed by atoms with Crippen LogP contribution in [-0.4, -0.2) is 58.6 Å². The molecule has 14 nitrogen and oxygen atoms in total. The van der Waals surface area contributed by atoms with Crippen LogP contribution in [0.15, 0.2) is 72.8 Å². The highest BCUT2D eigenvalue weighted by Gasteiger charge is 2.21. The molecule has 0 unspecified atom stereocenters. The van der Waals surface area contributed by atoms with Gasteiger partial charge in [0.2, 0.25) is 0 Å². The van der Waals surface area contributed by atoms with Crippen molar-refractivity contribution in [3.8, 4) is 12.1 Å². The van der Waals surface area contributed by atoms with Gasteiger partial charge in [-0.15, -0.1) is 0 Å². The number of nitrogens with two attached hydrogens (primary N) is 1. The second-order valence-electron chi connectivity index (χ2n) is 20.1. The van der Waals surface area contributed by atoms with Crippen LogP contribution in [0.3, 0.4) is 0 Å². The van der Waals surface area contributed by atoms with Gasteiger partial charge >= 0.3 is 12.1 Å². The number of hydrogen-bond acceptors (Lipinski definition) is 9. The van der Waals surface area contributed by atoms with Crippen molar-refractivity contribution < 1.29 is 33.8 Å². The number of amides is 4. The Morgan fingerprint density at radius 3 is 1.18 bits per heavy atom. The summed E-state index contributed by atoms with van der Waals surface area (Å²) in [6, 6.07) is 24.0. The molecular formula is C58H71Cl4N7O7. The van der Waals surface area contributed by atoms with Crippen molar-refractivity contribution in [2.75, 3.05) is 0 Å². The lowest BCUT2D eigenvalue weighted by atomic mass is 10.1. The maximum absolute atomic E-state index is 12.5. The molecule has 3 aliphatic rings. The van der Waals surface area contributed by atoms with E-state index in [2.05, 4.69) is 21.3 Å². The Balaban J connectivity index is 0.000000226. The fraction of sp³-hybridized carbons (Fsp3) is 0.466. The molecule has 18 heteroatoms. The van der Waals surface area contributed by atoms with E-state index in [1.54, 1.807) is 42.5 Å². The Bertz CT molecular complexity index is 2660. The van der Waals surface area contributed by atoms with Crippen LogP contribution in [0.1, 0.15) is 200 Å². The van der Waals surface area contributed by atoms with Gasteiger partial charge in [0.15, 0.2) is 0 Å². The number of rotatable bonds is 10. The zero-order valence-corrected chi connectivity index (χ0v) is 46.7. The summed E-state index contributed by atoms with van der Waals surface area (Å²) in [7, 11) is 0. The predicted molar refractivity (Wildman–Crippen MR) is 300 cm³/mol. The van der Waals surface area contributed by atoms with Crippen molar-refractivity contribution in [2.45, 2.75) is 173 Å². The minimum absolute atomic E-state index is 0.00988. The van der Waals surface area contributed by atoms with Crippen LogP contribution in [0, 0.1) is 22.7 Å². The zero-order valence-electron chi connectivity index (χ0n) is 43.7. The quantitative estimate of drug-likeness (QED) is 0.0822. The Morgan fingerprint density at radius 1 is 0.539 bits per heavy atom. The molecule has 0 bridgehead atoms. The number of nitriles is 2. The van der Waals surface area contributed by atoms with Gasteiger partial charge in [0.05, 0.1) is 65.6 Å². The molecule has 4 amide bonds. The number of halogens is 4. The van der Waals surface area contributed by atoms with Gasteiger partial charge in [0.25, 0.3) is 17.7 Å². The van der Waals surface area contributed by atoms with Crippen molar-refractivity contribution in [3.63, 3.8) is 0 Å². The molecule has 408 valence electrons. The summed E-state index contributed by atoms with van der Waals surface area (Å²) in [5.74, 6) is -1.43. The number of nitrogens with one attached hydrogen (secondary N) is 4. The molecule has 3 fully saturated rings. The summed E-state index contributed by atoms with van der Waals surface area (Å²) in [4.78, 5) is 59.0. The van der Waals surface area contributed by atoms with Crippen LogP contribution in [0.25, 0.3) is 0 Å². The average molecular weight is 1120 g/mol. The van der Waals surface area contributed by atoms with Gasteiger partial charge in [-0.2, -0.15) is 10.5 Å². The molecule has 0 aromatic heterocycles. The lowest BCUT2D eigenvalue weighted by molar-refractivity contribution is 0.0522. The molecule has 0 saturated heterocycles. The highest BCUT2D eigenvalue weighted by molar-refractivity contribution is 6.35. The van der Waals surface area contributed by atoms with Crippen LogP contribution < -0.4 is 27.0 Å². The first-order valence-electron chi connectivity index (χ1n) is 26.1. The maximum atomic E-state index is 12.5. The van der Waals surface area contributed by atoms with Crippen LogP contribution in [-0.2, 0) is 17.8 Å². The average Bonchev–Trinajstić information content (AvgIpc) is 3.92. The molecular weight excluding hydrogens is 1050 g/mol. The van der Waals surface area contributed by atoms with Gasteiger partial charge < -0.3 is 36.8 Å². The highest BCUT2D eigenvalue weighted by Crippen LogP contribution is 2.25. The van der Waals surface area contributed by atoms with Crippen LogP contribution in [0.5, 0.6) is 0 Å². The van der Waals surface area contributed by atoms with Gasteiger partial charge in [-0.3, -0.25) is 14.4 Å². The monoisotopic (exact) mass is 1120 g/mol. The first kappa shape index (κ1) is 62.7. The van der Waals surface area contributed by atoms with E-state index in [-0.39, 0.29) is 40.4 Å². The number of carboxylic acids is 1. The Morgan fingerprint density at radius 2 is 0.868 bits per heavy atom. The SMILES string of the molecule is CC(C)(C)OC(=O)NCc1ccc(C(=O)NC2CCCCCC2)c(Cl)c1.N#Cc1ccc(C(=O)NC2CCCCCC2)c(Cl)c1.N#Cc1ccc(C(=O)O)c(Cl)c1.NCc1ccc(C(=O)NC2CCCCCC2)c(Cl)c1. The second-order valence-corrected chi connectivity index (χ2v) is 21.7. The predicted octanol–water partition coefficient (Wildman–Crippen LogP) is 13.6. The zero-order chi connectivity index (χ0) is 55.6. The van der Waals surface area contributed by atoms with E-state index in [4.69, 9.17) is 72.5 Å². The standard InChI is InChI=1S/C20H29ClN2O3.C15H21ClN2O.C15H17ClN2O.C8H4ClNO2/c1-20(2,3)26-19(25)22-13-14-10-11-16(17(21)12-14)18(24)23-15-8-6-4-5-7-9-15;2*16-14-9-11(10-17)7-8-13(14)15(19)18-12-5-3-1-2-4-6-12;9-7-3-5(4-10)1-2-6(7)8(11)12/h10-12,15H,4-9,13H2,1-3H3,(H,22,25)(H,23,24);7-9,12H,1-6,10,17H2,(H,18,19);7-9,12H,1-6H2,(H,18,19);1-3H,(H,11,12). The summed E-state index contributed by atoms with van der Waals surface area (Å²) in [5, 5.41) is 39.0. The van der Waals surface area contributed by atoms with Gasteiger partial charge in [-0.1, -0.05) is 136 Å². The number of aromatic carboxylic acids is 1. The summed E-state index contributed by atoms with van der Waals surface area (Å²) in [5.41, 5.74) is 9.06. The number of carbonyl (C=O) groups excluding carboxylic acids is 4. The van der Waals surface area contributed by atoms with Gasteiger partial charge in [-0.25, -0.2) is 9.59 Å². The number of carbonyl (C=O) groups is 5. The van der Waals surface area contributed by atoms with Gasteiger partial charge in [-0.05, 0) is 131 Å². The molecule has 7 N–H and O–H groups in total. The normalized spacial score (nSPS) is 15.2. The fourth-order valence-corrected chi connectivity index (χ4v) is 9.90. The minimum atomic E-state index is -1.09. The smallest absolute Gasteiger partial charge is 0.407 e. The van der Waals surface area contributed by atoms with E-state index in [9.17, 15) is 24.0 Å².